The highest BCUT2D eigenvalue weighted by molar-refractivity contribution is 7.20. The second-order valence-corrected chi connectivity index (χ2v) is 17.9. The van der Waals surface area contributed by atoms with Crippen molar-refractivity contribution in [2.24, 2.45) is 0 Å². The molecule has 0 spiro atoms. The quantitative estimate of drug-likeness (QED) is 0.637. The van der Waals surface area contributed by atoms with Crippen molar-refractivity contribution in [1.82, 2.24) is 0 Å². The van der Waals surface area contributed by atoms with E-state index >= 15 is 0 Å². The van der Waals surface area contributed by atoms with Crippen LogP contribution in [-0.4, -0.2) is 42.8 Å². The van der Waals surface area contributed by atoms with Crippen LogP contribution >= 0.6 is 0 Å². The molecule has 0 heterocycles. The molecule has 2 atom stereocenters. The molecule has 16 heavy (non-hydrogen) atoms. The molecule has 0 aliphatic carbocycles. The molecule has 9 heteroatoms. The summed E-state index contributed by atoms with van der Waals surface area (Å²) in [6.45, 7) is 7.48. The lowest BCUT2D eigenvalue weighted by Gasteiger charge is -2.27. The lowest BCUT2D eigenvalue weighted by Crippen LogP contribution is -2.45. The highest BCUT2D eigenvalue weighted by Crippen LogP contribution is 2.26. The Hall–Kier alpha value is 0.318. The molecule has 0 rings (SSSR count). The Labute approximate surface area is 102 Å². The van der Waals surface area contributed by atoms with Gasteiger partial charge in [0.2, 0.25) is 0 Å². The number of hydrogen-bond donors (Lipinski definition) is 0. The van der Waals surface area contributed by atoms with Gasteiger partial charge in [0.15, 0.2) is 26.2 Å². The van der Waals surface area contributed by atoms with Gasteiger partial charge >= 0.3 is 6.18 Å². The molecule has 96 valence electrons. The minimum absolute atomic E-state index is 0.143. The third-order valence-electron chi connectivity index (χ3n) is 2.41. The van der Waals surface area contributed by atoms with E-state index in [9.17, 15) is 13.2 Å². The lowest BCUT2D eigenvalue weighted by molar-refractivity contribution is -0.131. The summed E-state index contributed by atoms with van der Waals surface area (Å²) < 4.78 is 47.5. The first-order chi connectivity index (χ1) is 7.22. The molecule has 0 amide bonds. The fraction of sp³-hybridized carbons (Fsp3) is 0.714. The number of hydrogen-bond acceptors (Lipinski definition) is 2. The van der Waals surface area contributed by atoms with Crippen LogP contribution in [0, 0.1) is 0 Å². The fourth-order valence-corrected chi connectivity index (χ4v) is 13.8. The van der Waals surface area contributed by atoms with E-state index in [0.717, 1.165) is 0 Å². The van der Waals surface area contributed by atoms with Crippen LogP contribution in [0.15, 0.2) is 12.3 Å². The molecule has 0 aromatic rings. The predicted octanol–water partition coefficient (Wildman–Crippen LogP) is 0.487. The zero-order chi connectivity index (χ0) is 12.8. The van der Waals surface area contributed by atoms with Crippen LogP contribution < -0.4 is 0 Å². The summed E-state index contributed by atoms with van der Waals surface area (Å²) in [7, 11) is -3.97. The largest absolute Gasteiger partial charge is 0.464 e. The average Bonchev–Trinajstić information content (AvgIpc) is 2.22. The van der Waals surface area contributed by atoms with Gasteiger partial charge in [-0.2, -0.15) is 13.2 Å². The lowest BCUT2D eigenvalue weighted by atomic mass is 10.5. The van der Waals surface area contributed by atoms with Crippen molar-refractivity contribution < 1.29 is 21.4 Å². The molecule has 0 aromatic carbocycles. The summed E-state index contributed by atoms with van der Waals surface area (Å²) in [6, 6.07) is 0.143. The molecule has 0 aromatic heterocycles. The summed E-state index contributed by atoms with van der Waals surface area (Å²) in [5.41, 5.74) is 1.79. The predicted molar refractivity (Wildman–Crippen MR) is 71.0 cm³/mol. The van der Waals surface area contributed by atoms with E-state index in [4.69, 9.17) is 8.23 Å². The SMILES string of the molecule is C=C[SiH](C)O[SiH2][Si](C)(CCC(F)(F)F)O[SiH3]. The van der Waals surface area contributed by atoms with Gasteiger partial charge in [-0.15, -0.1) is 6.58 Å². The molecule has 0 saturated heterocycles. The Morgan fingerprint density at radius 1 is 1.56 bits per heavy atom. The van der Waals surface area contributed by atoms with Gasteiger partial charge in [-0.05, 0) is 19.1 Å². The Morgan fingerprint density at radius 3 is 2.50 bits per heavy atom. The van der Waals surface area contributed by atoms with Crippen LogP contribution in [0.3, 0.4) is 0 Å². The van der Waals surface area contributed by atoms with Crippen LogP contribution in [0.4, 0.5) is 13.2 Å². The summed E-state index contributed by atoms with van der Waals surface area (Å²) in [6.07, 6.45) is -4.82. The van der Waals surface area contributed by atoms with Crippen LogP contribution in [0.25, 0.3) is 0 Å². The zero-order valence-corrected chi connectivity index (χ0v) is 15.5. The third-order valence-corrected chi connectivity index (χ3v) is 18.7. The molecule has 0 saturated carbocycles. The number of alkyl halides is 3. The summed E-state index contributed by atoms with van der Waals surface area (Å²) >= 11 is 0. The molecular weight excluding hydrogens is 285 g/mol. The standard InChI is InChI=1S/C7H19F3O2Si4/c1-4-15(2)12-14-16(3,11-13)6-5-7(8,9)10/h4,15H,1,5-6,14H2,2-3,13H3. The number of halogens is 3. The summed E-state index contributed by atoms with van der Waals surface area (Å²) in [4.78, 5) is 0. The Bertz CT molecular complexity index is 226. The normalized spacial score (nSPS) is 18.8. The Kier molecular flexibility index (Phi) is 7.05. The van der Waals surface area contributed by atoms with Crippen molar-refractivity contribution >= 4 is 36.6 Å². The van der Waals surface area contributed by atoms with Crippen molar-refractivity contribution in [1.29, 1.82) is 0 Å². The topological polar surface area (TPSA) is 18.5 Å². The maximum atomic E-state index is 12.1. The highest BCUT2D eigenvalue weighted by Gasteiger charge is 2.35. The summed E-state index contributed by atoms with van der Waals surface area (Å²) in [5, 5.41) is 0. The first-order valence-corrected chi connectivity index (χ1v) is 13.7. The van der Waals surface area contributed by atoms with Gasteiger partial charge in [0.1, 0.15) is 10.5 Å². The molecule has 2 nitrogen and oxygen atoms in total. The van der Waals surface area contributed by atoms with Crippen molar-refractivity contribution in [2.45, 2.75) is 31.7 Å². The van der Waals surface area contributed by atoms with E-state index in [0.29, 0.717) is 10.5 Å². The van der Waals surface area contributed by atoms with Gasteiger partial charge in [0.05, 0.1) is 0 Å². The Balaban J connectivity index is 4.15. The highest BCUT2D eigenvalue weighted by atomic mass is 29.2. The van der Waals surface area contributed by atoms with Gasteiger partial charge in [0, 0.05) is 6.42 Å². The van der Waals surface area contributed by atoms with Crippen molar-refractivity contribution in [3.05, 3.63) is 12.3 Å². The fourth-order valence-electron chi connectivity index (χ4n) is 1.02. The molecule has 0 N–H and O–H groups in total. The van der Waals surface area contributed by atoms with Crippen LogP contribution in [-0.2, 0) is 8.23 Å². The van der Waals surface area contributed by atoms with E-state index in [-0.39, 0.29) is 6.04 Å². The van der Waals surface area contributed by atoms with Gasteiger partial charge in [-0.3, -0.25) is 0 Å². The van der Waals surface area contributed by atoms with E-state index in [2.05, 4.69) is 6.58 Å². The minimum atomic E-state index is -4.08. The van der Waals surface area contributed by atoms with E-state index in [1.165, 1.54) is 0 Å². The van der Waals surface area contributed by atoms with Crippen molar-refractivity contribution in [3.63, 3.8) is 0 Å². The zero-order valence-electron chi connectivity index (χ0n) is 9.93. The molecular formula is C7H19F3O2Si4. The average molecular weight is 305 g/mol. The van der Waals surface area contributed by atoms with Crippen LogP contribution in [0.1, 0.15) is 6.42 Å². The van der Waals surface area contributed by atoms with Gasteiger partial charge in [0.25, 0.3) is 0 Å². The second-order valence-electron chi connectivity index (χ2n) is 4.02. The summed E-state index contributed by atoms with van der Waals surface area (Å²) in [5.74, 6) is 0. The van der Waals surface area contributed by atoms with Crippen LogP contribution in [0.5, 0.6) is 0 Å². The van der Waals surface area contributed by atoms with Crippen molar-refractivity contribution in [2.75, 3.05) is 0 Å². The second kappa shape index (κ2) is 6.91. The monoisotopic (exact) mass is 304 g/mol. The van der Waals surface area contributed by atoms with Gasteiger partial charge < -0.3 is 8.23 Å². The number of rotatable bonds is 7. The molecule has 0 fully saturated rings. The molecule has 2 unspecified atom stereocenters. The van der Waals surface area contributed by atoms with Gasteiger partial charge in [-0.25, -0.2) is 0 Å². The van der Waals surface area contributed by atoms with Crippen LogP contribution in [0.2, 0.25) is 19.1 Å². The molecule has 0 aliphatic rings. The van der Waals surface area contributed by atoms with E-state index in [1.807, 2.05) is 13.1 Å². The molecule has 0 bridgehead atoms. The third kappa shape index (κ3) is 7.57. The maximum absolute atomic E-state index is 12.1. The smallest absolute Gasteiger partial charge is 0.388 e. The minimum Gasteiger partial charge on any atom is -0.464 e. The molecule has 0 aliphatic heterocycles. The van der Waals surface area contributed by atoms with E-state index < -0.39 is 38.8 Å². The van der Waals surface area contributed by atoms with Crippen molar-refractivity contribution in [3.8, 4) is 0 Å². The maximum Gasteiger partial charge on any atom is 0.388 e. The first-order valence-electron chi connectivity index (χ1n) is 5.08. The van der Waals surface area contributed by atoms with E-state index in [1.54, 1.807) is 5.70 Å². The first kappa shape index (κ1) is 16.3. The Morgan fingerprint density at radius 2 is 2.12 bits per heavy atom. The molecule has 0 radical (unpaired) electrons. The van der Waals surface area contributed by atoms with Gasteiger partial charge in [-0.1, -0.05) is 5.70 Å².